The Balaban J connectivity index is 2.07. The Morgan fingerprint density at radius 3 is 3.00 bits per heavy atom. The molecule has 8 heteroatoms. The van der Waals surface area contributed by atoms with Crippen molar-refractivity contribution in [2.24, 2.45) is 0 Å². The van der Waals surface area contributed by atoms with E-state index in [1.165, 1.54) is 17.2 Å². The lowest BCUT2D eigenvalue weighted by molar-refractivity contribution is -0.0586. The van der Waals surface area contributed by atoms with Gasteiger partial charge in [0.1, 0.15) is 17.7 Å². The van der Waals surface area contributed by atoms with Crippen LogP contribution in [0.25, 0.3) is 11.2 Å². The molecule has 1 unspecified atom stereocenters. The molecule has 3 rings (SSSR count). The molecule has 0 fully saturated rings. The predicted molar refractivity (Wildman–Crippen MR) is 67.7 cm³/mol. The lowest BCUT2D eigenvalue weighted by Crippen LogP contribution is -2.33. The lowest BCUT2D eigenvalue weighted by atomic mass is 10.1. The molecule has 0 aromatic carbocycles. The molecule has 0 amide bonds. The predicted octanol–water partition coefficient (Wildman–Crippen LogP) is 0.155. The summed E-state index contributed by atoms with van der Waals surface area (Å²) >= 11 is 0. The van der Waals surface area contributed by atoms with Crippen molar-refractivity contribution >= 4 is 17.0 Å². The summed E-state index contributed by atoms with van der Waals surface area (Å²) in [6, 6.07) is 0. The van der Waals surface area contributed by atoms with Crippen molar-refractivity contribution in [1.29, 1.82) is 0 Å². The van der Waals surface area contributed by atoms with E-state index in [1.807, 2.05) is 0 Å². The van der Waals surface area contributed by atoms with Crippen LogP contribution in [-0.4, -0.2) is 36.8 Å². The van der Waals surface area contributed by atoms with Crippen LogP contribution < -0.4 is 5.73 Å². The summed E-state index contributed by atoms with van der Waals surface area (Å²) in [4.78, 5) is 11.9. The van der Waals surface area contributed by atoms with Crippen molar-refractivity contribution in [3.05, 3.63) is 24.6 Å². The van der Waals surface area contributed by atoms with Crippen LogP contribution in [0.5, 0.6) is 0 Å². The number of nitrogens with two attached hydrogens (primary N) is 1. The van der Waals surface area contributed by atoms with Gasteiger partial charge in [-0.05, 0) is 0 Å². The molecule has 20 heavy (non-hydrogen) atoms. The fourth-order valence-corrected chi connectivity index (χ4v) is 2.01. The second-order valence-corrected chi connectivity index (χ2v) is 4.24. The number of nitrogen functional groups attached to an aromatic ring is 1. The average Bonchev–Trinajstić information content (AvgIpc) is 3.01. The minimum Gasteiger partial charge on any atom is -0.392 e. The maximum Gasteiger partial charge on any atom is 0.205 e. The van der Waals surface area contributed by atoms with Gasteiger partial charge in [0.05, 0.1) is 12.9 Å². The minimum atomic E-state index is -1.76. The standard InChI is InChI=1S/C12H10FN5O2/c1-2-12(4-19)7(13)3-8(20-12)18-6-17-9-10(14)15-5-16-11(9)18/h1,3,5-6,8,19H,4H2,(H2,14,15,16)/t8?,12-/m1/s1. The topological polar surface area (TPSA) is 99.1 Å². The lowest BCUT2D eigenvalue weighted by Gasteiger charge is -2.22. The molecule has 2 aromatic rings. The van der Waals surface area contributed by atoms with Crippen molar-refractivity contribution in [2.45, 2.75) is 11.8 Å². The van der Waals surface area contributed by atoms with Gasteiger partial charge in [-0.25, -0.2) is 19.3 Å². The first-order chi connectivity index (χ1) is 9.61. The van der Waals surface area contributed by atoms with Crippen LogP contribution in [0.3, 0.4) is 0 Å². The van der Waals surface area contributed by atoms with Gasteiger partial charge in [-0.1, -0.05) is 5.92 Å². The van der Waals surface area contributed by atoms with Crippen molar-refractivity contribution in [2.75, 3.05) is 12.3 Å². The molecule has 3 N–H and O–H groups in total. The highest BCUT2D eigenvalue weighted by Crippen LogP contribution is 2.37. The van der Waals surface area contributed by atoms with Gasteiger partial charge in [-0.2, -0.15) is 0 Å². The molecular weight excluding hydrogens is 265 g/mol. The number of fused-ring (bicyclic) bond motifs is 1. The Morgan fingerprint density at radius 1 is 1.55 bits per heavy atom. The largest absolute Gasteiger partial charge is 0.392 e. The molecule has 0 radical (unpaired) electrons. The summed E-state index contributed by atoms with van der Waals surface area (Å²) in [5, 5.41) is 9.24. The van der Waals surface area contributed by atoms with Gasteiger partial charge in [0.15, 0.2) is 17.7 Å². The SMILES string of the molecule is C#C[C@]1(CO)OC(n2cnc3c(N)ncnc32)C=C1F. The summed E-state index contributed by atoms with van der Waals surface area (Å²) in [6.07, 6.45) is 8.20. The smallest absolute Gasteiger partial charge is 0.205 e. The van der Waals surface area contributed by atoms with E-state index < -0.39 is 24.3 Å². The Bertz CT molecular complexity index is 750. The summed E-state index contributed by atoms with van der Waals surface area (Å²) in [5.41, 5.74) is 4.68. The van der Waals surface area contributed by atoms with Crippen molar-refractivity contribution < 1.29 is 14.2 Å². The summed E-state index contributed by atoms with van der Waals surface area (Å²) in [6.45, 7) is -0.661. The van der Waals surface area contributed by atoms with Gasteiger partial charge in [-0.3, -0.25) is 4.57 Å². The number of aliphatic hydroxyl groups excluding tert-OH is 1. The van der Waals surface area contributed by atoms with Crippen LogP contribution >= 0.6 is 0 Å². The first-order valence-electron chi connectivity index (χ1n) is 5.68. The van der Waals surface area contributed by atoms with E-state index in [4.69, 9.17) is 16.9 Å². The molecule has 0 aliphatic carbocycles. The molecule has 1 aliphatic heterocycles. The Kier molecular flexibility index (Phi) is 2.67. The number of terminal acetylenes is 1. The molecule has 1 aliphatic rings. The van der Waals surface area contributed by atoms with Crippen LogP contribution in [0.2, 0.25) is 0 Å². The monoisotopic (exact) mass is 275 g/mol. The zero-order valence-corrected chi connectivity index (χ0v) is 10.2. The molecule has 0 bridgehead atoms. The number of hydrogen-bond donors (Lipinski definition) is 2. The quantitative estimate of drug-likeness (QED) is 0.757. The number of halogens is 1. The number of imidazole rings is 1. The second-order valence-electron chi connectivity index (χ2n) is 4.24. The van der Waals surface area contributed by atoms with E-state index in [1.54, 1.807) is 0 Å². The van der Waals surface area contributed by atoms with Crippen molar-refractivity contribution in [3.8, 4) is 12.3 Å². The van der Waals surface area contributed by atoms with Crippen LogP contribution in [0.4, 0.5) is 10.2 Å². The first kappa shape index (κ1) is 12.5. The number of rotatable bonds is 2. The molecule has 2 aromatic heterocycles. The van der Waals surface area contributed by atoms with Crippen LogP contribution in [0, 0.1) is 12.3 Å². The fraction of sp³-hybridized carbons (Fsp3) is 0.250. The van der Waals surface area contributed by atoms with Crippen LogP contribution in [0.15, 0.2) is 24.6 Å². The van der Waals surface area contributed by atoms with Crippen LogP contribution in [0.1, 0.15) is 6.23 Å². The van der Waals surface area contributed by atoms with Crippen molar-refractivity contribution in [3.63, 3.8) is 0 Å². The summed E-state index contributed by atoms with van der Waals surface area (Å²) in [5.74, 6) is 1.61. The fourth-order valence-electron chi connectivity index (χ4n) is 2.01. The minimum absolute atomic E-state index is 0.210. The zero-order valence-electron chi connectivity index (χ0n) is 10.2. The van der Waals surface area contributed by atoms with Gasteiger partial charge in [0.25, 0.3) is 0 Å². The highest BCUT2D eigenvalue weighted by Gasteiger charge is 2.43. The van der Waals surface area contributed by atoms with E-state index in [9.17, 15) is 9.50 Å². The van der Waals surface area contributed by atoms with Gasteiger partial charge in [-0.15, -0.1) is 6.42 Å². The summed E-state index contributed by atoms with van der Waals surface area (Å²) < 4.78 is 20.8. The maximum atomic E-state index is 13.9. The van der Waals surface area contributed by atoms with Gasteiger partial charge < -0.3 is 15.6 Å². The van der Waals surface area contributed by atoms with E-state index >= 15 is 0 Å². The molecule has 7 nitrogen and oxygen atoms in total. The van der Waals surface area contributed by atoms with E-state index in [0.717, 1.165) is 6.08 Å². The van der Waals surface area contributed by atoms with E-state index in [2.05, 4.69) is 20.9 Å². The number of hydrogen-bond acceptors (Lipinski definition) is 6. The molecule has 2 atom stereocenters. The normalized spacial score (nSPS) is 25.6. The number of nitrogens with zero attached hydrogens (tertiary/aromatic N) is 4. The van der Waals surface area contributed by atoms with Crippen molar-refractivity contribution in [1.82, 2.24) is 19.5 Å². The number of aliphatic hydroxyl groups is 1. The first-order valence-corrected chi connectivity index (χ1v) is 5.68. The van der Waals surface area contributed by atoms with Gasteiger partial charge in [0.2, 0.25) is 5.60 Å². The van der Waals surface area contributed by atoms with E-state index in [0.29, 0.717) is 11.2 Å². The van der Waals surface area contributed by atoms with Gasteiger partial charge >= 0.3 is 0 Å². The third kappa shape index (κ3) is 1.57. The molecule has 0 saturated heterocycles. The Hall–Kier alpha value is -2.50. The number of anilines is 1. The molecule has 3 heterocycles. The summed E-state index contributed by atoms with van der Waals surface area (Å²) in [7, 11) is 0. The highest BCUT2D eigenvalue weighted by molar-refractivity contribution is 5.81. The maximum absolute atomic E-state index is 13.9. The molecule has 102 valence electrons. The van der Waals surface area contributed by atoms with E-state index in [-0.39, 0.29) is 5.82 Å². The zero-order chi connectivity index (χ0) is 14.3. The third-order valence-corrected chi connectivity index (χ3v) is 3.11. The second kappa shape index (κ2) is 4.26. The number of aromatic nitrogens is 4. The average molecular weight is 275 g/mol. The van der Waals surface area contributed by atoms with Gasteiger partial charge in [0, 0.05) is 6.08 Å². The van der Waals surface area contributed by atoms with Crippen LogP contribution in [-0.2, 0) is 4.74 Å². The Morgan fingerprint density at radius 2 is 2.35 bits per heavy atom. The Labute approximate surface area is 112 Å². The molecule has 0 spiro atoms. The third-order valence-electron chi connectivity index (χ3n) is 3.11. The highest BCUT2D eigenvalue weighted by atomic mass is 19.1. The number of ether oxygens (including phenoxy) is 1. The molecule has 0 saturated carbocycles. The molecular formula is C12H10FN5O2.